The molecule has 6 heteroatoms. The minimum Gasteiger partial charge on any atom is -0.461 e. The van der Waals surface area contributed by atoms with Crippen molar-refractivity contribution in [3.05, 3.63) is 34.5 Å². The molecule has 2 fully saturated rings. The predicted octanol–water partition coefficient (Wildman–Crippen LogP) is 5.36. The van der Waals surface area contributed by atoms with Gasteiger partial charge < -0.3 is 9.32 Å². The van der Waals surface area contributed by atoms with Crippen LogP contribution in [0.25, 0.3) is 21.8 Å². The highest BCUT2D eigenvalue weighted by Crippen LogP contribution is 2.39. The predicted molar refractivity (Wildman–Crippen MR) is 111 cm³/mol. The summed E-state index contributed by atoms with van der Waals surface area (Å²) >= 11 is 1.51. The molecule has 1 aliphatic carbocycles. The molecule has 146 valence electrons. The van der Waals surface area contributed by atoms with E-state index in [1.54, 1.807) is 6.26 Å². The molecule has 5 rings (SSSR count). The SMILES string of the molecule is Cc1nc(-c2ccco2)nc2sc(C(=O)N3CCCC4CCCCC43)c(C)c12. The number of fused-ring (bicyclic) bond motifs is 2. The molecule has 5 nitrogen and oxygen atoms in total. The van der Waals surface area contributed by atoms with Crippen molar-refractivity contribution in [2.24, 2.45) is 5.92 Å². The molecule has 0 spiro atoms. The van der Waals surface area contributed by atoms with Crippen molar-refractivity contribution in [2.75, 3.05) is 6.54 Å². The average Bonchev–Trinajstić information content (AvgIpc) is 3.35. The molecule has 4 heterocycles. The molecule has 1 aliphatic heterocycles. The Balaban J connectivity index is 1.54. The number of furan rings is 1. The van der Waals surface area contributed by atoms with E-state index >= 15 is 0 Å². The van der Waals surface area contributed by atoms with Crippen molar-refractivity contribution in [1.82, 2.24) is 14.9 Å². The van der Waals surface area contributed by atoms with Gasteiger partial charge in [0.2, 0.25) is 0 Å². The standard InChI is InChI=1S/C22H25N3O2S/c1-13-18-14(2)23-20(17-10-6-12-27-17)24-21(18)28-19(13)22(26)25-11-5-8-15-7-3-4-9-16(15)25/h6,10,12,15-16H,3-5,7-9,11H2,1-2H3. The van der Waals surface area contributed by atoms with Crippen LogP contribution in [0.15, 0.2) is 22.8 Å². The van der Waals surface area contributed by atoms with Crippen LogP contribution in [0.3, 0.4) is 0 Å². The van der Waals surface area contributed by atoms with Crippen LogP contribution in [0, 0.1) is 19.8 Å². The van der Waals surface area contributed by atoms with Gasteiger partial charge in [-0.25, -0.2) is 9.97 Å². The highest BCUT2D eigenvalue weighted by Gasteiger charge is 2.37. The van der Waals surface area contributed by atoms with Gasteiger partial charge in [0.1, 0.15) is 4.83 Å². The Hall–Kier alpha value is -2.21. The van der Waals surface area contributed by atoms with Gasteiger partial charge in [-0.05, 0) is 63.1 Å². The topological polar surface area (TPSA) is 59.2 Å². The van der Waals surface area contributed by atoms with Crippen LogP contribution in [-0.4, -0.2) is 33.4 Å². The minimum atomic E-state index is 0.191. The van der Waals surface area contributed by atoms with Crippen LogP contribution in [0.2, 0.25) is 0 Å². The largest absolute Gasteiger partial charge is 0.461 e. The third kappa shape index (κ3) is 2.85. The van der Waals surface area contributed by atoms with Crippen molar-refractivity contribution in [3.8, 4) is 11.6 Å². The normalized spacial score (nSPS) is 22.4. The zero-order valence-corrected chi connectivity index (χ0v) is 17.2. The van der Waals surface area contributed by atoms with Crippen LogP contribution in [-0.2, 0) is 0 Å². The van der Waals surface area contributed by atoms with E-state index in [-0.39, 0.29) is 5.91 Å². The quantitative estimate of drug-likeness (QED) is 0.586. The first-order chi connectivity index (χ1) is 13.6. The molecule has 0 aromatic carbocycles. The minimum absolute atomic E-state index is 0.191. The summed E-state index contributed by atoms with van der Waals surface area (Å²) in [6, 6.07) is 4.12. The molecule has 0 N–H and O–H groups in total. The lowest BCUT2D eigenvalue weighted by Gasteiger charge is -2.44. The maximum Gasteiger partial charge on any atom is 0.264 e. The highest BCUT2D eigenvalue weighted by atomic mass is 32.1. The Bertz CT molecular complexity index is 1020. The van der Waals surface area contributed by atoms with Crippen molar-refractivity contribution < 1.29 is 9.21 Å². The summed E-state index contributed by atoms with van der Waals surface area (Å²) in [6.07, 6.45) is 9.01. The van der Waals surface area contributed by atoms with Gasteiger partial charge in [0.05, 0.1) is 16.8 Å². The second kappa shape index (κ2) is 6.99. The number of amides is 1. The first kappa shape index (κ1) is 17.9. The molecule has 28 heavy (non-hydrogen) atoms. The van der Waals surface area contributed by atoms with Gasteiger partial charge in [0, 0.05) is 18.0 Å². The van der Waals surface area contributed by atoms with Crippen molar-refractivity contribution in [2.45, 2.75) is 58.4 Å². The van der Waals surface area contributed by atoms with Crippen LogP contribution < -0.4 is 0 Å². The molecule has 3 aromatic rings. The molecule has 0 radical (unpaired) electrons. The van der Waals surface area contributed by atoms with E-state index in [2.05, 4.69) is 9.88 Å². The van der Waals surface area contributed by atoms with Gasteiger partial charge in [0.25, 0.3) is 5.91 Å². The van der Waals surface area contributed by atoms with Crippen molar-refractivity contribution in [3.63, 3.8) is 0 Å². The lowest BCUT2D eigenvalue weighted by atomic mass is 9.78. The van der Waals surface area contributed by atoms with Gasteiger partial charge in [-0.2, -0.15) is 0 Å². The zero-order valence-electron chi connectivity index (χ0n) is 16.4. The Morgan fingerprint density at radius 3 is 2.82 bits per heavy atom. The summed E-state index contributed by atoms with van der Waals surface area (Å²) in [6.45, 7) is 4.91. The Morgan fingerprint density at radius 2 is 2.00 bits per heavy atom. The van der Waals surface area contributed by atoms with Crippen molar-refractivity contribution >= 4 is 27.5 Å². The first-order valence-electron chi connectivity index (χ1n) is 10.3. The summed E-state index contributed by atoms with van der Waals surface area (Å²) in [5, 5.41) is 1.01. The van der Waals surface area contributed by atoms with E-state index in [4.69, 9.17) is 9.40 Å². The third-order valence-electron chi connectivity index (χ3n) is 6.41. The third-order valence-corrected chi connectivity index (χ3v) is 7.58. The number of nitrogens with zero attached hydrogens (tertiary/aromatic N) is 3. The number of carbonyl (C=O) groups excluding carboxylic acids is 1. The maximum absolute atomic E-state index is 13.5. The van der Waals surface area contributed by atoms with Gasteiger partial charge in [-0.1, -0.05) is 12.8 Å². The molecule has 0 bridgehead atoms. The van der Waals surface area contributed by atoms with Crippen LogP contribution in [0.1, 0.15) is 59.5 Å². The average molecular weight is 396 g/mol. The van der Waals surface area contributed by atoms with Gasteiger partial charge in [0.15, 0.2) is 11.6 Å². The molecular formula is C22H25N3O2S. The van der Waals surface area contributed by atoms with E-state index in [1.807, 2.05) is 26.0 Å². The van der Waals surface area contributed by atoms with Crippen LogP contribution >= 0.6 is 11.3 Å². The number of aromatic nitrogens is 2. The van der Waals surface area contributed by atoms with Crippen molar-refractivity contribution in [1.29, 1.82) is 0 Å². The summed E-state index contributed by atoms with van der Waals surface area (Å²) in [7, 11) is 0. The summed E-state index contributed by atoms with van der Waals surface area (Å²) in [5.41, 5.74) is 1.92. The first-order valence-corrected chi connectivity index (χ1v) is 11.1. The van der Waals surface area contributed by atoms with Gasteiger partial charge >= 0.3 is 0 Å². The fourth-order valence-corrected chi connectivity index (χ4v) is 6.25. The number of rotatable bonds is 2. The fraction of sp³-hybridized carbons (Fsp3) is 0.500. The number of piperidine rings is 1. The molecule has 1 saturated carbocycles. The molecule has 2 aliphatic rings. The lowest BCUT2D eigenvalue weighted by molar-refractivity contribution is 0.0395. The number of aryl methyl sites for hydroxylation is 2. The number of hydrogen-bond donors (Lipinski definition) is 0. The lowest BCUT2D eigenvalue weighted by Crippen LogP contribution is -2.49. The molecular weight excluding hydrogens is 370 g/mol. The number of hydrogen-bond acceptors (Lipinski definition) is 5. The summed E-state index contributed by atoms with van der Waals surface area (Å²) in [5.74, 6) is 2.12. The Kier molecular flexibility index (Phi) is 4.46. The number of likely N-dealkylation sites (tertiary alicyclic amines) is 1. The number of carbonyl (C=O) groups is 1. The fourth-order valence-electron chi connectivity index (χ4n) is 5.07. The molecule has 2 atom stereocenters. The Labute approximate surface area is 168 Å². The Morgan fingerprint density at radius 1 is 1.18 bits per heavy atom. The summed E-state index contributed by atoms with van der Waals surface area (Å²) in [4.78, 5) is 26.8. The van der Waals surface area contributed by atoms with Gasteiger partial charge in [-0.15, -0.1) is 11.3 Å². The molecule has 2 unspecified atom stereocenters. The monoisotopic (exact) mass is 395 g/mol. The van der Waals surface area contributed by atoms with E-state index in [0.29, 0.717) is 23.5 Å². The second-order valence-electron chi connectivity index (χ2n) is 8.10. The van der Waals surface area contributed by atoms with Gasteiger partial charge in [-0.3, -0.25) is 4.79 Å². The maximum atomic E-state index is 13.5. The second-order valence-corrected chi connectivity index (χ2v) is 9.10. The molecule has 1 amide bonds. The number of thiophene rings is 1. The van der Waals surface area contributed by atoms with Crippen LogP contribution in [0.5, 0.6) is 0 Å². The smallest absolute Gasteiger partial charge is 0.264 e. The summed E-state index contributed by atoms with van der Waals surface area (Å²) < 4.78 is 5.47. The molecule has 3 aromatic heterocycles. The van der Waals surface area contributed by atoms with E-state index in [9.17, 15) is 4.79 Å². The van der Waals surface area contributed by atoms with E-state index < -0.39 is 0 Å². The zero-order chi connectivity index (χ0) is 19.3. The van der Waals surface area contributed by atoms with Crippen LogP contribution in [0.4, 0.5) is 0 Å². The van der Waals surface area contributed by atoms with E-state index in [0.717, 1.165) is 45.7 Å². The molecule has 1 saturated heterocycles. The highest BCUT2D eigenvalue weighted by molar-refractivity contribution is 7.20. The van der Waals surface area contributed by atoms with E-state index in [1.165, 1.54) is 37.0 Å².